The van der Waals surface area contributed by atoms with E-state index in [1.54, 1.807) is 18.9 Å². The van der Waals surface area contributed by atoms with Crippen LogP contribution in [-0.4, -0.2) is 39.3 Å². The summed E-state index contributed by atoms with van der Waals surface area (Å²) in [5.41, 5.74) is 0.679. The maximum Gasteiger partial charge on any atom is 0.267 e. The van der Waals surface area contributed by atoms with Crippen molar-refractivity contribution in [3.63, 3.8) is 0 Å². The molecule has 0 spiro atoms. The second-order valence-electron chi connectivity index (χ2n) is 4.37. The summed E-state index contributed by atoms with van der Waals surface area (Å²) in [5.74, 6) is 0.273. The summed E-state index contributed by atoms with van der Waals surface area (Å²) >= 11 is 1.13. The number of rotatable bonds is 2. The molecule has 0 bridgehead atoms. The minimum Gasteiger partial charge on any atom is -0.338 e. The molecule has 0 aliphatic heterocycles. The van der Waals surface area contributed by atoms with Crippen molar-refractivity contribution < 1.29 is 9.59 Å². The molecule has 1 saturated carbocycles. The van der Waals surface area contributed by atoms with Crippen LogP contribution in [-0.2, 0) is 4.79 Å². The fourth-order valence-corrected chi connectivity index (χ4v) is 2.71. The van der Waals surface area contributed by atoms with Crippen molar-refractivity contribution in [1.29, 1.82) is 0 Å². The van der Waals surface area contributed by atoms with Gasteiger partial charge in [-0.3, -0.25) is 9.59 Å². The van der Waals surface area contributed by atoms with Crippen LogP contribution >= 0.6 is 11.5 Å². The third-order valence-corrected chi connectivity index (χ3v) is 4.04. The van der Waals surface area contributed by atoms with Crippen LogP contribution in [0.5, 0.6) is 0 Å². The van der Waals surface area contributed by atoms with Gasteiger partial charge in [0.15, 0.2) is 0 Å². The van der Waals surface area contributed by atoms with Crippen molar-refractivity contribution in [2.24, 2.45) is 0 Å². The van der Waals surface area contributed by atoms with E-state index in [1.165, 1.54) is 0 Å². The zero-order valence-electron chi connectivity index (χ0n) is 9.97. The van der Waals surface area contributed by atoms with Crippen LogP contribution in [0.4, 0.5) is 0 Å². The van der Waals surface area contributed by atoms with Gasteiger partial charge in [0.05, 0.1) is 5.69 Å². The van der Waals surface area contributed by atoms with E-state index in [0.29, 0.717) is 29.2 Å². The summed E-state index contributed by atoms with van der Waals surface area (Å²) in [6.45, 7) is 1.79. The maximum absolute atomic E-state index is 12.2. The lowest BCUT2D eigenvalue weighted by Gasteiger charge is -2.30. The number of aryl methyl sites for hydroxylation is 1. The first kappa shape index (κ1) is 12.2. The molecule has 1 fully saturated rings. The van der Waals surface area contributed by atoms with Crippen LogP contribution in [0.2, 0.25) is 0 Å². The number of carbonyl (C=O) groups excluding carboxylic acids is 2. The molecule has 0 unspecified atom stereocenters. The highest BCUT2D eigenvalue weighted by Crippen LogP contribution is 2.22. The Kier molecular flexibility index (Phi) is 3.51. The normalized spacial score (nSPS) is 17.2. The molecule has 1 aliphatic rings. The molecule has 0 saturated heterocycles. The third kappa shape index (κ3) is 2.52. The number of hydrogen-bond acceptors (Lipinski definition) is 5. The van der Waals surface area contributed by atoms with Gasteiger partial charge in [-0.25, -0.2) is 0 Å². The number of carbonyl (C=O) groups is 2. The maximum atomic E-state index is 12.2. The summed E-state index contributed by atoms with van der Waals surface area (Å²) in [6, 6.07) is 0.168. The van der Waals surface area contributed by atoms with Gasteiger partial charge in [-0.05, 0) is 31.3 Å². The Hall–Kier alpha value is -1.30. The van der Waals surface area contributed by atoms with Gasteiger partial charge in [0.1, 0.15) is 10.7 Å². The molecule has 0 atom stereocenters. The highest BCUT2D eigenvalue weighted by Gasteiger charge is 2.27. The Balaban J connectivity index is 2.05. The molecule has 1 heterocycles. The van der Waals surface area contributed by atoms with Crippen LogP contribution in [0.1, 0.15) is 41.0 Å². The molecule has 2 rings (SSSR count). The van der Waals surface area contributed by atoms with Crippen molar-refractivity contribution in [3.8, 4) is 0 Å². The van der Waals surface area contributed by atoms with E-state index >= 15 is 0 Å². The average molecular weight is 253 g/mol. The summed E-state index contributed by atoms with van der Waals surface area (Å²) in [4.78, 5) is 25.7. The molecule has 17 heavy (non-hydrogen) atoms. The number of ketones is 1. The van der Waals surface area contributed by atoms with Crippen molar-refractivity contribution in [3.05, 3.63) is 10.6 Å². The molecule has 0 radical (unpaired) electrons. The lowest BCUT2D eigenvalue weighted by molar-refractivity contribution is -0.121. The minimum absolute atomic E-state index is 0.0307. The first-order valence-electron chi connectivity index (χ1n) is 5.67. The van der Waals surface area contributed by atoms with Gasteiger partial charge in [-0.15, -0.1) is 5.10 Å². The van der Waals surface area contributed by atoms with E-state index in [4.69, 9.17) is 0 Å². The monoisotopic (exact) mass is 253 g/mol. The first-order chi connectivity index (χ1) is 8.09. The van der Waals surface area contributed by atoms with Gasteiger partial charge in [0.2, 0.25) is 0 Å². The summed E-state index contributed by atoms with van der Waals surface area (Å²) in [6.07, 6.45) is 2.71. The smallest absolute Gasteiger partial charge is 0.267 e. The summed E-state index contributed by atoms with van der Waals surface area (Å²) < 4.78 is 3.77. The zero-order chi connectivity index (χ0) is 12.4. The molecule has 1 aliphatic carbocycles. The SMILES string of the molecule is Cc1nnsc1C(=O)N(C)C1CCC(=O)CC1. The van der Waals surface area contributed by atoms with Gasteiger partial charge in [-0.1, -0.05) is 4.49 Å². The Labute approximate surface area is 104 Å². The summed E-state index contributed by atoms with van der Waals surface area (Å²) in [7, 11) is 1.79. The van der Waals surface area contributed by atoms with E-state index in [0.717, 1.165) is 24.4 Å². The van der Waals surface area contributed by atoms with E-state index in [1.807, 2.05) is 0 Å². The van der Waals surface area contributed by atoms with Gasteiger partial charge in [-0.2, -0.15) is 0 Å². The predicted molar refractivity (Wildman–Crippen MR) is 64.0 cm³/mol. The Morgan fingerprint density at radius 1 is 1.41 bits per heavy atom. The topological polar surface area (TPSA) is 63.2 Å². The molecule has 92 valence electrons. The predicted octanol–water partition coefficient (Wildman–Crippen LogP) is 1.43. The fraction of sp³-hybridized carbons (Fsp3) is 0.636. The van der Waals surface area contributed by atoms with Crippen LogP contribution in [0.15, 0.2) is 0 Å². The van der Waals surface area contributed by atoms with Crippen molar-refractivity contribution >= 4 is 23.2 Å². The Morgan fingerprint density at radius 2 is 2.06 bits per heavy atom. The Morgan fingerprint density at radius 3 is 2.59 bits per heavy atom. The molecule has 1 aromatic heterocycles. The van der Waals surface area contributed by atoms with Gasteiger partial charge in [0, 0.05) is 25.9 Å². The summed E-state index contributed by atoms with van der Waals surface area (Å²) in [5, 5.41) is 3.84. The van der Waals surface area contributed by atoms with Crippen LogP contribution in [0.3, 0.4) is 0 Å². The van der Waals surface area contributed by atoms with Crippen molar-refractivity contribution in [2.45, 2.75) is 38.6 Å². The van der Waals surface area contributed by atoms with Crippen molar-refractivity contribution in [2.75, 3.05) is 7.05 Å². The van der Waals surface area contributed by atoms with Crippen LogP contribution in [0.25, 0.3) is 0 Å². The highest BCUT2D eigenvalue weighted by atomic mass is 32.1. The fourth-order valence-electron chi connectivity index (χ4n) is 2.07. The molecule has 1 amide bonds. The highest BCUT2D eigenvalue weighted by molar-refractivity contribution is 7.07. The second kappa shape index (κ2) is 4.91. The quantitative estimate of drug-likeness (QED) is 0.800. The van der Waals surface area contributed by atoms with Crippen molar-refractivity contribution in [1.82, 2.24) is 14.5 Å². The van der Waals surface area contributed by atoms with E-state index in [9.17, 15) is 9.59 Å². The standard InChI is InChI=1S/C11H15N3O2S/c1-7-10(17-13-12-7)11(16)14(2)8-3-5-9(15)6-4-8/h8H,3-6H2,1-2H3. The molecule has 6 heteroatoms. The molecular formula is C11H15N3O2S. The second-order valence-corrected chi connectivity index (χ2v) is 5.13. The number of aromatic nitrogens is 2. The number of Topliss-reactive ketones (excluding diaryl/α,β-unsaturated/α-hetero) is 1. The van der Waals surface area contributed by atoms with Gasteiger partial charge in [0.25, 0.3) is 5.91 Å². The van der Waals surface area contributed by atoms with Crippen LogP contribution in [0, 0.1) is 6.92 Å². The zero-order valence-corrected chi connectivity index (χ0v) is 10.8. The molecular weight excluding hydrogens is 238 g/mol. The number of nitrogens with zero attached hydrogens (tertiary/aromatic N) is 3. The van der Waals surface area contributed by atoms with Gasteiger partial charge >= 0.3 is 0 Å². The van der Waals surface area contributed by atoms with E-state index in [2.05, 4.69) is 9.59 Å². The number of hydrogen-bond donors (Lipinski definition) is 0. The largest absolute Gasteiger partial charge is 0.338 e. The van der Waals surface area contributed by atoms with E-state index < -0.39 is 0 Å². The lowest BCUT2D eigenvalue weighted by Crippen LogP contribution is -2.39. The first-order valence-corrected chi connectivity index (χ1v) is 6.44. The number of amides is 1. The van der Waals surface area contributed by atoms with Gasteiger partial charge < -0.3 is 4.90 Å². The van der Waals surface area contributed by atoms with E-state index in [-0.39, 0.29) is 11.9 Å². The molecule has 5 nitrogen and oxygen atoms in total. The minimum atomic E-state index is -0.0307. The van der Waals surface area contributed by atoms with Crippen LogP contribution < -0.4 is 0 Å². The molecule has 0 N–H and O–H groups in total. The average Bonchev–Trinajstić information content (AvgIpc) is 2.74. The third-order valence-electron chi connectivity index (χ3n) is 3.23. The molecule has 1 aromatic rings. The Bertz CT molecular complexity index is 434. The molecule has 0 aromatic carbocycles. The lowest BCUT2D eigenvalue weighted by atomic mass is 9.93.